The molecule has 0 saturated carbocycles. The smallest absolute Gasteiger partial charge is 0.253 e. The van der Waals surface area contributed by atoms with Crippen LogP contribution < -0.4 is 15.4 Å². The first-order chi connectivity index (χ1) is 10.0. The fourth-order valence-electron chi connectivity index (χ4n) is 2.25. The van der Waals surface area contributed by atoms with E-state index in [1.165, 1.54) is 0 Å². The zero-order chi connectivity index (χ0) is 15.3. The van der Waals surface area contributed by atoms with Crippen molar-refractivity contribution in [1.82, 2.24) is 10.6 Å². The van der Waals surface area contributed by atoms with Crippen LogP contribution in [0, 0.1) is 0 Å². The van der Waals surface area contributed by atoms with Crippen LogP contribution in [0.25, 0.3) is 0 Å². The number of carbonyl (C=O) groups is 1. The Morgan fingerprint density at radius 3 is 2.73 bits per heavy atom. The van der Waals surface area contributed by atoms with E-state index in [-0.39, 0.29) is 30.1 Å². The highest BCUT2D eigenvalue weighted by atomic mass is 35.5. The van der Waals surface area contributed by atoms with Crippen LogP contribution in [0.2, 0.25) is 0 Å². The number of nitrogens with one attached hydrogen (secondary N) is 3. The van der Waals surface area contributed by atoms with E-state index in [0.717, 1.165) is 25.9 Å². The van der Waals surface area contributed by atoms with Crippen molar-refractivity contribution < 1.29 is 13.2 Å². The van der Waals surface area contributed by atoms with Crippen molar-refractivity contribution in [3.05, 3.63) is 29.8 Å². The van der Waals surface area contributed by atoms with Gasteiger partial charge in [0.05, 0.1) is 17.0 Å². The largest absolute Gasteiger partial charge is 0.348 e. The molecule has 1 amide bonds. The van der Waals surface area contributed by atoms with Gasteiger partial charge in [-0.25, -0.2) is 8.42 Å². The third kappa shape index (κ3) is 5.15. The van der Waals surface area contributed by atoms with E-state index in [4.69, 9.17) is 0 Å². The van der Waals surface area contributed by atoms with Gasteiger partial charge in [0.25, 0.3) is 5.91 Å². The fourth-order valence-corrected chi connectivity index (χ4v) is 2.91. The highest BCUT2D eigenvalue weighted by Gasteiger charge is 2.19. The SMILES string of the molecule is CCS(=O)(=O)Nc1ccccc1C(=O)N[C@H]1CCCNC1.Cl. The lowest BCUT2D eigenvalue weighted by molar-refractivity contribution is 0.0931. The van der Waals surface area contributed by atoms with Crippen molar-refractivity contribution >= 4 is 34.0 Å². The predicted octanol–water partition coefficient (Wildman–Crippen LogP) is 1.35. The second-order valence-electron chi connectivity index (χ2n) is 5.07. The number of carbonyl (C=O) groups excluding carboxylic acids is 1. The molecule has 8 heteroatoms. The molecule has 1 aliphatic heterocycles. The van der Waals surface area contributed by atoms with Gasteiger partial charge < -0.3 is 10.6 Å². The molecule has 22 heavy (non-hydrogen) atoms. The fraction of sp³-hybridized carbons (Fsp3) is 0.500. The third-order valence-corrected chi connectivity index (χ3v) is 4.74. The van der Waals surface area contributed by atoms with Crippen LogP contribution in [-0.4, -0.2) is 39.2 Å². The van der Waals surface area contributed by atoms with Crippen molar-refractivity contribution in [3.8, 4) is 0 Å². The third-order valence-electron chi connectivity index (χ3n) is 3.45. The summed E-state index contributed by atoms with van der Waals surface area (Å²) < 4.78 is 25.8. The van der Waals surface area contributed by atoms with Crippen molar-refractivity contribution in [2.45, 2.75) is 25.8 Å². The average molecular weight is 348 g/mol. The van der Waals surface area contributed by atoms with Crippen molar-refractivity contribution in [2.24, 2.45) is 0 Å². The molecule has 0 unspecified atom stereocenters. The lowest BCUT2D eigenvalue weighted by Gasteiger charge is -2.24. The number of hydrogen-bond donors (Lipinski definition) is 3. The number of piperidine rings is 1. The molecule has 0 spiro atoms. The Bertz CT molecular complexity index is 601. The standard InChI is InChI=1S/C14H21N3O3S.ClH/c1-2-21(19,20)17-13-8-4-3-7-12(13)14(18)16-11-6-5-9-15-10-11;/h3-4,7-8,11,15,17H,2,5-6,9-10H2,1H3,(H,16,18);1H/t11-;/m0./s1. The van der Waals surface area contributed by atoms with Crippen LogP contribution in [-0.2, 0) is 10.0 Å². The Balaban J connectivity index is 0.00000242. The first-order valence-corrected chi connectivity index (χ1v) is 8.78. The van der Waals surface area contributed by atoms with Gasteiger partial charge in [0.1, 0.15) is 0 Å². The van der Waals surface area contributed by atoms with Crippen LogP contribution in [0.1, 0.15) is 30.1 Å². The van der Waals surface area contributed by atoms with Crippen molar-refractivity contribution in [1.29, 1.82) is 0 Å². The lowest BCUT2D eigenvalue weighted by atomic mass is 10.1. The van der Waals surface area contributed by atoms with Gasteiger partial charge in [-0.1, -0.05) is 12.1 Å². The van der Waals surface area contributed by atoms with E-state index in [2.05, 4.69) is 15.4 Å². The summed E-state index contributed by atoms with van der Waals surface area (Å²) in [6.07, 6.45) is 1.96. The van der Waals surface area contributed by atoms with Gasteiger partial charge in [-0.05, 0) is 38.4 Å². The summed E-state index contributed by atoms with van der Waals surface area (Å²) in [6.45, 7) is 3.27. The van der Waals surface area contributed by atoms with Gasteiger partial charge in [-0.3, -0.25) is 9.52 Å². The highest BCUT2D eigenvalue weighted by Crippen LogP contribution is 2.17. The monoisotopic (exact) mass is 347 g/mol. The highest BCUT2D eigenvalue weighted by molar-refractivity contribution is 7.92. The molecular weight excluding hydrogens is 326 g/mol. The molecule has 1 aromatic rings. The number of halogens is 1. The molecule has 6 nitrogen and oxygen atoms in total. The Morgan fingerprint density at radius 1 is 1.36 bits per heavy atom. The first-order valence-electron chi connectivity index (χ1n) is 7.13. The van der Waals surface area contributed by atoms with Crippen LogP contribution in [0.3, 0.4) is 0 Å². The zero-order valence-electron chi connectivity index (χ0n) is 12.5. The van der Waals surface area contributed by atoms with Gasteiger partial charge in [0.2, 0.25) is 10.0 Å². The molecule has 0 aromatic heterocycles. The molecule has 0 bridgehead atoms. The molecule has 1 atom stereocenters. The van der Waals surface area contributed by atoms with E-state index >= 15 is 0 Å². The summed E-state index contributed by atoms with van der Waals surface area (Å²) >= 11 is 0. The topological polar surface area (TPSA) is 87.3 Å². The van der Waals surface area contributed by atoms with Gasteiger partial charge in [-0.15, -0.1) is 12.4 Å². The minimum atomic E-state index is -3.40. The molecule has 0 radical (unpaired) electrons. The number of sulfonamides is 1. The molecule has 1 saturated heterocycles. The molecule has 124 valence electrons. The van der Waals surface area contributed by atoms with E-state index < -0.39 is 10.0 Å². The second-order valence-corrected chi connectivity index (χ2v) is 7.08. The summed E-state index contributed by atoms with van der Waals surface area (Å²) in [5.74, 6) is -0.284. The number of anilines is 1. The van der Waals surface area contributed by atoms with Crippen LogP contribution in [0.15, 0.2) is 24.3 Å². The minimum absolute atomic E-state index is 0. The van der Waals surface area contributed by atoms with Gasteiger partial charge in [0.15, 0.2) is 0 Å². The van der Waals surface area contributed by atoms with E-state index in [1.54, 1.807) is 31.2 Å². The van der Waals surface area contributed by atoms with Crippen molar-refractivity contribution in [3.63, 3.8) is 0 Å². The first kappa shape index (κ1) is 18.7. The summed E-state index contributed by atoms with van der Waals surface area (Å²) in [6, 6.07) is 6.73. The van der Waals surface area contributed by atoms with E-state index in [0.29, 0.717) is 11.3 Å². The molecule has 3 N–H and O–H groups in total. The predicted molar refractivity (Wildman–Crippen MR) is 90.1 cm³/mol. The zero-order valence-corrected chi connectivity index (χ0v) is 14.1. The lowest BCUT2D eigenvalue weighted by Crippen LogP contribution is -2.45. The van der Waals surface area contributed by atoms with Crippen molar-refractivity contribution in [2.75, 3.05) is 23.6 Å². The maximum absolute atomic E-state index is 12.3. The molecule has 1 heterocycles. The van der Waals surface area contributed by atoms with Gasteiger partial charge in [0, 0.05) is 12.6 Å². The summed E-state index contributed by atoms with van der Waals surface area (Å²) in [4.78, 5) is 12.3. The Hall–Kier alpha value is -1.31. The van der Waals surface area contributed by atoms with E-state index in [9.17, 15) is 13.2 Å². The summed E-state index contributed by atoms with van der Waals surface area (Å²) in [5, 5.41) is 6.17. The molecule has 1 aromatic carbocycles. The van der Waals surface area contributed by atoms with Crippen LogP contribution in [0.4, 0.5) is 5.69 Å². The Morgan fingerprint density at radius 2 is 2.09 bits per heavy atom. The van der Waals surface area contributed by atoms with Gasteiger partial charge >= 0.3 is 0 Å². The Labute approximate surface area is 137 Å². The van der Waals surface area contributed by atoms with Crippen LogP contribution >= 0.6 is 12.4 Å². The number of hydrogen-bond acceptors (Lipinski definition) is 4. The van der Waals surface area contributed by atoms with Crippen LogP contribution in [0.5, 0.6) is 0 Å². The molecule has 1 fully saturated rings. The number of benzene rings is 1. The maximum Gasteiger partial charge on any atom is 0.253 e. The number of para-hydroxylation sites is 1. The Kier molecular flexibility index (Phi) is 7.12. The molecule has 1 aliphatic rings. The average Bonchev–Trinajstić information content (AvgIpc) is 2.48. The second kappa shape index (κ2) is 8.36. The minimum Gasteiger partial charge on any atom is -0.348 e. The quantitative estimate of drug-likeness (QED) is 0.750. The van der Waals surface area contributed by atoms with E-state index in [1.807, 2.05) is 0 Å². The van der Waals surface area contributed by atoms with Gasteiger partial charge in [-0.2, -0.15) is 0 Å². The maximum atomic E-state index is 12.3. The summed E-state index contributed by atoms with van der Waals surface area (Å²) in [5.41, 5.74) is 0.667. The molecule has 2 rings (SSSR count). The normalized spacial score (nSPS) is 18.1. The molecular formula is C14H22ClN3O3S. The number of rotatable bonds is 5. The molecule has 0 aliphatic carbocycles. The number of amides is 1. The summed E-state index contributed by atoms with van der Waals surface area (Å²) in [7, 11) is -3.40.